The third-order valence-electron chi connectivity index (χ3n) is 4.24. The quantitative estimate of drug-likeness (QED) is 0.484. The first-order chi connectivity index (χ1) is 12.2. The summed E-state index contributed by atoms with van der Waals surface area (Å²) >= 11 is 0. The van der Waals surface area contributed by atoms with Crippen LogP contribution in [0.4, 0.5) is 0 Å². The third-order valence-corrected chi connectivity index (χ3v) is 4.24. The van der Waals surface area contributed by atoms with Gasteiger partial charge in [0.2, 0.25) is 11.7 Å². The number of methoxy groups -OCH3 is 1. The van der Waals surface area contributed by atoms with E-state index in [9.17, 15) is 0 Å². The molecule has 3 aromatic heterocycles. The fourth-order valence-electron chi connectivity index (χ4n) is 3.09. The highest BCUT2D eigenvalue weighted by atomic mass is 16.5. The molecule has 25 heavy (non-hydrogen) atoms. The van der Waals surface area contributed by atoms with Crippen molar-refractivity contribution in [3.05, 3.63) is 48.0 Å². The van der Waals surface area contributed by atoms with Gasteiger partial charge in [-0.2, -0.15) is 4.98 Å². The van der Waals surface area contributed by atoms with E-state index in [0.29, 0.717) is 23.8 Å². The molecule has 9 heteroatoms. The Bertz CT molecular complexity index is 1090. The molecule has 5 rings (SSSR count). The number of nitrogens with zero attached hydrogens (tertiary/aromatic N) is 7. The van der Waals surface area contributed by atoms with Crippen LogP contribution in [0.3, 0.4) is 0 Å². The normalized spacial score (nSPS) is 12.2. The standard InChI is InChI=1S/C16H13N7O2/c1-9-19-16(20-25-9)15-14-5-10-7-18-21-23(10)13-6-11(24-2)3-4-12(13)22(14)8-17-15/h3-4,6-8H,5H2,1-2H3. The van der Waals surface area contributed by atoms with Crippen molar-refractivity contribution in [3.63, 3.8) is 0 Å². The molecule has 4 aromatic rings. The summed E-state index contributed by atoms with van der Waals surface area (Å²) in [6.07, 6.45) is 4.10. The molecule has 0 fully saturated rings. The predicted octanol–water partition coefficient (Wildman–Crippen LogP) is 1.72. The minimum atomic E-state index is 0.474. The van der Waals surface area contributed by atoms with Gasteiger partial charge in [0.1, 0.15) is 17.8 Å². The lowest BCUT2D eigenvalue weighted by atomic mass is 10.2. The zero-order valence-electron chi connectivity index (χ0n) is 13.5. The van der Waals surface area contributed by atoms with Crippen LogP contribution in [0.25, 0.3) is 22.9 Å². The van der Waals surface area contributed by atoms with E-state index in [4.69, 9.17) is 9.26 Å². The summed E-state index contributed by atoms with van der Waals surface area (Å²) in [6.45, 7) is 1.76. The minimum absolute atomic E-state index is 0.474. The maximum absolute atomic E-state index is 5.36. The summed E-state index contributed by atoms with van der Waals surface area (Å²) in [5.41, 5.74) is 4.38. The molecule has 0 aliphatic carbocycles. The van der Waals surface area contributed by atoms with Crippen molar-refractivity contribution in [2.24, 2.45) is 0 Å². The SMILES string of the molecule is COc1ccc2c(c1)-n1nncc1Cc1c(-c3noc(C)n3)ncn1-2. The largest absolute Gasteiger partial charge is 0.497 e. The first kappa shape index (κ1) is 13.9. The fraction of sp³-hybridized carbons (Fsp3) is 0.188. The average molecular weight is 335 g/mol. The molecule has 0 N–H and O–H groups in total. The molecule has 9 nitrogen and oxygen atoms in total. The summed E-state index contributed by atoms with van der Waals surface area (Å²) < 4.78 is 14.3. The lowest BCUT2D eigenvalue weighted by Gasteiger charge is -2.11. The number of fused-ring (bicyclic) bond motifs is 5. The second-order valence-corrected chi connectivity index (χ2v) is 5.72. The molecular formula is C16H13N7O2. The molecule has 0 radical (unpaired) electrons. The van der Waals surface area contributed by atoms with Gasteiger partial charge in [-0.3, -0.25) is 4.57 Å². The van der Waals surface area contributed by atoms with E-state index >= 15 is 0 Å². The van der Waals surface area contributed by atoms with Gasteiger partial charge in [-0.05, 0) is 12.1 Å². The third kappa shape index (κ3) is 1.98. The Hall–Kier alpha value is -3.49. The molecule has 0 unspecified atom stereocenters. The Morgan fingerprint density at radius 2 is 2.16 bits per heavy atom. The molecular weight excluding hydrogens is 322 g/mol. The lowest BCUT2D eigenvalue weighted by molar-refractivity contribution is 0.394. The first-order valence-corrected chi connectivity index (χ1v) is 7.70. The van der Waals surface area contributed by atoms with Crippen molar-refractivity contribution in [2.45, 2.75) is 13.3 Å². The first-order valence-electron chi connectivity index (χ1n) is 7.70. The summed E-state index contributed by atoms with van der Waals surface area (Å²) in [6, 6.07) is 5.81. The van der Waals surface area contributed by atoms with E-state index in [1.807, 2.05) is 27.4 Å². The van der Waals surface area contributed by atoms with Gasteiger partial charge in [-0.25, -0.2) is 9.67 Å². The molecule has 0 atom stereocenters. The molecule has 1 aromatic carbocycles. The molecule has 124 valence electrons. The molecule has 0 amide bonds. The van der Waals surface area contributed by atoms with Gasteiger partial charge in [0.15, 0.2) is 0 Å². The van der Waals surface area contributed by atoms with Crippen molar-refractivity contribution in [1.82, 2.24) is 34.7 Å². The molecule has 1 aliphatic rings. The highest BCUT2D eigenvalue weighted by molar-refractivity contribution is 5.63. The number of hydrogen-bond acceptors (Lipinski definition) is 7. The van der Waals surface area contributed by atoms with E-state index in [0.717, 1.165) is 28.5 Å². The highest BCUT2D eigenvalue weighted by Crippen LogP contribution is 2.33. The topological polar surface area (TPSA) is 96.7 Å². The summed E-state index contributed by atoms with van der Waals surface area (Å²) in [7, 11) is 1.64. The second kappa shape index (κ2) is 5.00. The van der Waals surface area contributed by atoms with Crippen LogP contribution in [-0.2, 0) is 6.42 Å². The van der Waals surface area contributed by atoms with Crippen LogP contribution in [0.5, 0.6) is 5.75 Å². The average Bonchev–Trinajstić information content (AvgIpc) is 3.34. The van der Waals surface area contributed by atoms with E-state index in [1.54, 1.807) is 26.6 Å². The van der Waals surface area contributed by atoms with Gasteiger partial charge in [-0.15, -0.1) is 5.10 Å². The predicted molar refractivity (Wildman–Crippen MR) is 85.9 cm³/mol. The Balaban J connectivity index is 1.79. The Morgan fingerprint density at radius 3 is 2.96 bits per heavy atom. The van der Waals surface area contributed by atoms with Crippen LogP contribution in [0.2, 0.25) is 0 Å². The van der Waals surface area contributed by atoms with Crippen molar-refractivity contribution >= 4 is 0 Å². The molecule has 0 saturated carbocycles. The van der Waals surface area contributed by atoms with Gasteiger partial charge in [-0.1, -0.05) is 10.4 Å². The number of aryl methyl sites for hydroxylation is 1. The molecule has 0 saturated heterocycles. The van der Waals surface area contributed by atoms with E-state index in [2.05, 4.69) is 25.4 Å². The van der Waals surface area contributed by atoms with Crippen LogP contribution in [0.15, 0.2) is 35.2 Å². The van der Waals surface area contributed by atoms with Crippen LogP contribution >= 0.6 is 0 Å². The number of imidazole rings is 1. The Labute approximate surface area is 141 Å². The monoisotopic (exact) mass is 335 g/mol. The minimum Gasteiger partial charge on any atom is -0.497 e. The summed E-state index contributed by atoms with van der Waals surface area (Å²) in [5.74, 6) is 1.72. The van der Waals surface area contributed by atoms with Crippen LogP contribution in [0, 0.1) is 6.92 Å². The van der Waals surface area contributed by atoms with E-state index in [1.165, 1.54) is 0 Å². The van der Waals surface area contributed by atoms with Crippen LogP contribution in [0.1, 0.15) is 17.3 Å². The smallest absolute Gasteiger partial charge is 0.223 e. The maximum atomic E-state index is 5.36. The number of benzene rings is 1. The van der Waals surface area contributed by atoms with Gasteiger partial charge >= 0.3 is 0 Å². The summed E-state index contributed by atoms with van der Waals surface area (Å²) in [4.78, 5) is 8.83. The van der Waals surface area contributed by atoms with Crippen molar-refractivity contribution in [1.29, 1.82) is 0 Å². The van der Waals surface area contributed by atoms with Crippen LogP contribution in [-0.4, -0.2) is 41.8 Å². The number of hydrogen-bond donors (Lipinski definition) is 0. The van der Waals surface area contributed by atoms with Crippen molar-refractivity contribution in [2.75, 3.05) is 7.11 Å². The van der Waals surface area contributed by atoms with Crippen molar-refractivity contribution < 1.29 is 9.26 Å². The maximum Gasteiger partial charge on any atom is 0.223 e. The fourth-order valence-corrected chi connectivity index (χ4v) is 3.09. The number of rotatable bonds is 2. The van der Waals surface area contributed by atoms with Crippen molar-refractivity contribution in [3.8, 4) is 28.6 Å². The zero-order chi connectivity index (χ0) is 17.0. The lowest BCUT2D eigenvalue weighted by Crippen LogP contribution is -2.03. The molecule has 0 bridgehead atoms. The molecule has 4 heterocycles. The van der Waals surface area contributed by atoms with Gasteiger partial charge in [0.05, 0.1) is 36.1 Å². The van der Waals surface area contributed by atoms with E-state index in [-0.39, 0.29) is 0 Å². The highest BCUT2D eigenvalue weighted by Gasteiger charge is 2.25. The van der Waals surface area contributed by atoms with E-state index < -0.39 is 0 Å². The van der Waals surface area contributed by atoms with Gasteiger partial charge < -0.3 is 9.26 Å². The second-order valence-electron chi connectivity index (χ2n) is 5.72. The molecule has 0 spiro atoms. The van der Waals surface area contributed by atoms with Gasteiger partial charge in [0, 0.05) is 19.4 Å². The number of ether oxygens (including phenoxy) is 1. The molecule has 1 aliphatic heterocycles. The Kier molecular flexibility index (Phi) is 2.78. The van der Waals surface area contributed by atoms with Crippen LogP contribution < -0.4 is 4.74 Å². The summed E-state index contributed by atoms with van der Waals surface area (Å²) in [5, 5.41) is 12.3. The zero-order valence-corrected chi connectivity index (χ0v) is 13.5. The Morgan fingerprint density at radius 1 is 1.24 bits per heavy atom. The number of aromatic nitrogens is 7. The van der Waals surface area contributed by atoms with Gasteiger partial charge in [0.25, 0.3) is 0 Å².